The van der Waals surface area contributed by atoms with Crippen LogP contribution < -0.4 is 10.6 Å². The van der Waals surface area contributed by atoms with Gasteiger partial charge in [-0.25, -0.2) is 4.39 Å². The summed E-state index contributed by atoms with van der Waals surface area (Å²) in [5.74, 6) is -1.16. The van der Waals surface area contributed by atoms with Gasteiger partial charge in [-0.05, 0) is 29.1 Å². The van der Waals surface area contributed by atoms with E-state index >= 15 is 0 Å². The Bertz CT molecular complexity index is 766. The number of carbonyl (C=O) groups excluding carboxylic acids is 2. The lowest BCUT2D eigenvalue weighted by molar-refractivity contribution is -0.118. The summed E-state index contributed by atoms with van der Waals surface area (Å²) in [5, 5.41) is 9.19. The average Bonchev–Trinajstić information content (AvgIpc) is 3.08. The predicted octanol–water partition coefficient (Wildman–Crippen LogP) is 2.59. The first-order valence-electron chi connectivity index (χ1n) is 7.62. The van der Waals surface area contributed by atoms with Crippen LogP contribution in [-0.2, 0) is 17.9 Å². The lowest BCUT2D eigenvalue weighted by Gasteiger charge is -2.09. The largest absolute Gasteiger partial charge is 0.351 e. The van der Waals surface area contributed by atoms with Gasteiger partial charge in [0.2, 0.25) is 5.91 Å². The molecular weight excluding hydrogens is 367 g/mol. The van der Waals surface area contributed by atoms with Crippen molar-refractivity contribution in [3.63, 3.8) is 0 Å². The maximum Gasteiger partial charge on any atom is 0.265 e. The molecule has 9 heteroatoms. The third kappa shape index (κ3) is 5.20. The third-order valence-corrected chi connectivity index (χ3v) is 4.42. The van der Waals surface area contributed by atoms with Gasteiger partial charge < -0.3 is 10.6 Å². The van der Waals surface area contributed by atoms with Crippen molar-refractivity contribution in [3.05, 3.63) is 45.7 Å². The van der Waals surface area contributed by atoms with Crippen LogP contribution in [0, 0.1) is 5.82 Å². The molecule has 0 unspecified atom stereocenters. The highest BCUT2D eigenvalue weighted by molar-refractivity contribution is 7.08. The van der Waals surface area contributed by atoms with Gasteiger partial charge in [-0.1, -0.05) is 30.5 Å². The number of nitrogens with zero attached hydrogens (tertiary/aromatic N) is 2. The summed E-state index contributed by atoms with van der Waals surface area (Å²) in [6.45, 7) is 4.09. The number of hydrogen-bond acceptors (Lipinski definition) is 5. The standard InChI is InChI=1S/C16H18ClFN4O2S/c1-9(2)14-15(25-22-21-14)16(24)20-8-11-4-3-10(5-12(11)18)7-19-13(23)6-17/h3-5,9H,6-8H2,1-2H3,(H,19,23)(H,20,24). The summed E-state index contributed by atoms with van der Waals surface area (Å²) in [5.41, 5.74) is 1.59. The van der Waals surface area contributed by atoms with Crippen LogP contribution in [0.5, 0.6) is 0 Å². The maximum absolute atomic E-state index is 14.1. The van der Waals surface area contributed by atoms with Crippen molar-refractivity contribution in [3.8, 4) is 0 Å². The average molecular weight is 385 g/mol. The molecule has 0 saturated heterocycles. The molecule has 0 aliphatic carbocycles. The van der Waals surface area contributed by atoms with Crippen LogP contribution in [0.2, 0.25) is 0 Å². The molecule has 0 radical (unpaired) electrons. The van der Waals surface area contributed by atoms with Gasteiger partial charge in [0.1, 0.15) is 16.6 Å². The minimum Gasteiger partial charge on any atom is -0.351 e. The van der Waals surface area contributed by atoms with Crippen molar-refractivity contribution in [1.29, 1.82) is 0 Å². The Morgan fingerprint density at radius 3 is 2.68 bits per heavy atom. The second kappa shape index (κ2) is 8.87. The Balaban J connectivity index is 1.97. The molecule has 0 fully saturated rings. The molecule has 2 amide bonds. The number of carbonyl (C=O) groups is 2. The minimum absolute atomic E-state index is 0.0500. The monoisotopic (exact) mass is 384 g/mol. The SMILES string of the molecule is CC(C)c1nnsc1C(=O)NCc1ccc(CNC(=O)CCl)cc1F. The van der Waals surface area contributed by atoms with Crippen molar-refractivity contribution >= 4 is 34.9 Å². The number of aromatic nitrogens is 2. The summed E-state index contributed by atoms with van der Waals surface area (Å²) in [6, 6.07) is 4.59. The lowest BCUT2D eigenvalue weighted by Crippen LogP contribution is -2.24. The molecule has 1 aromatic heterocycles. The van der Waals surface area contributed by atoms with E-state index in [1.807, 2.05) is 13.8 Å². The van der Waals surface area contributed by atoms with Gasteiger partial charge in [0.25, 0.3) is 5.91 Å². The fourth-order valence-corrected chi connectivity index (χ4v) is 2.91. The van der Waals surface area contributed by atoms with Crippen molar-refractivity contribution < 1.29 is 14.0 Å². The van der Waals surface area contributed by atoms with Gasteiger partial charge in [0.15, 0.2) is 0 Å². The van der Waals surface area contributed by atoms with E-state index in [1.54, 1.807) is 12.1 Å². The van der Waals surface area contributed by atoms with E-state index in [1.165, 1.54) is 6.07 Å². The Labute approximate surface area is 153 Å². The lowest BCUT2D eigenvalue weighted by atomic mass is 10.1. The van der Waals surface area contributed by atoms with Gasteiger partial charge >= 0.3 is 0 Å². The van der Waals surface area contributed by atoms with Crippen LogP contribution in [0.15, 0.2) is 18.2 Å². The summed E-state index contributed by atoms with van der Waals surface area (Å²) < 4.78 is 17.9. The van der Waals surface area contributed by atoms with Crippen molar-refractivity contribution in [2.24, 2.45) is 0 Å². The first-order chi connectivity index (χ1) is 11.9. The summed E-state index contributed by atoms with van der Waals surface area (Å²) in [6.07, 6.45) is 0. The number of alkyl halides is 1. The zero-order valence-corrected chi connectivity index (χ0v) is 15.4. The molecule has 2 N–H and O–H groups in total. The van der Waals surface area contributed by atoms with Crippen molar-refractivity contribution in [1.82, 2.24) is 20.2 Å². The van der Waals surface area contributed by atoms with E-state index in [0.717, 1.165) is 11.5 Å². The molecule has 2 rings (SSSR count). The molecule has 1 aromatic carbocycles. The Morgan fingerprint density at radius 1 is 1.28 bits per heavy atom. The van der Waals surface area contributed by atoms with Gasteiger partial charge in [0.05, 0.1) is 5.69 Å². The fourth-order valence-electron chi connectivity index (χ4n) is 2.08. The van der Waals surface area contributed by atoms with E-state index in [4.69, 9.17) is 11.6 Å². The van der Waals surface area contributed by atoms with Crippen LogP contribution in [0.3, 0.4) is 0 Å². The zero-order valence-electron chi connectivity index (χ0n) is 13.8. The van der Waals surface area contributed by atoms with E-state index in [-0.39, 0.29) is 36.7 Å². The highest BCUT2D eigenvalue weighted by Gasteiger charge is 2.18. The van der Waals surface area contributed by atoms with Crippen LogP contribution in [0.1, 0.15) is 46.3 Å². The normalized spacial score (nSPS) is 10.8. The van der Waals surface area contributed by atoms with Gasteiger partial charge in [-0.2, -0.15) is 0 Å². The second-order valence-electron chi connectivity index (χ2n) is 5.66. The molecule has 0 saturated carbocycles. The predicted molar refractivity (Wildman–Crippen MR) is 94.1 cm³/mol. The number of halogens is 2. The molecule has 0 bridgehead atoms. The molecule has 2 aromatic rings. The van der Waals surface area contributed by atoms with Gasteiger partial charge in [0, 0.05) is 18.7 Å². The molecule has 134 valence electrons. The summed E-state index contributed by atoms with van der Waals surface area (Å²) in [4.78, 5) is 23.8. The van der Waals surface area contributed by atoms with Gasteiger partial charge in [-0.3, -0.25) is 9.59 Å². The fraction of sp³-hybridized carbons (Fsp3) is 0.375. The van der Waals surface area contributed by atoms with E-state index in [2.05, 4.69) is 20.2 Å². The first-order valence-corrected chi connectivity index (χ1v) is 8.93. The molecule has 6 nitrogen and oxygen atoms in total. The van der Waals surface area contributed by atoms with Gasteiger partial charge in [-0.15, -0.1) is 16.7 Å². The number of rotatable bonds is 7. The van der Waals surface area contributed by atoms with Crippen LogP contribution in [0.25, 0.3) is 0 Å². The molecule has 0 spiro atoms. The minimum atomic E-state index is -0.454. The molecule has 0 atom stereocenters. The van der Waals surface area contributed by atoms with E-state index in [9.17, 15) is 14.0 Å². The second-order valence-corrected chi connectivity index (χ2v) is 6.68. The topological polar surface area (TPSA) is 84.0 Å². The first kappa shape index (κ1) is 19.3. The number of benzene rings is 1. The molecule has 0 aliphatic heterocycles. The van der Waals surface area contributed by atoms with Crippen molar-refractivity contribution in [2.75, 3.05) is 5.88 Å². The molecule has 25 heavy (non-hydrogen) atoms. The maximum atomic E-state index is 14.1. The van der Waals surface area contributed by atoms with E-state index in [0.29, 0.717) is 21.7 Å². The number of nitrogens with one attached hydrogen (secondary N) is 2. The Morgan fingerprint density at radius 2 is 2.04 bits per heavy atom. The molecule has 1 heterocycles. The third-order valence-electron chi connectivity index (χ3n) is 3.43. The summed E-state index contributed by atoms with van der Waals surface area (Å²) in [7, 11) is 0. The zero-order chi connectivity index (χ0) is 18.4. The van der Waals surface area contributed by atoms with E-state index < -0.39 is 5.82 Å². The number of hydrogen-bond donors (Lipinski definition) is 2. The highest BCUT2D eigenvalue weighted by Crippen LogP contribution is 2.19. The molecular formula is C16H18ClFN4O2S. The van der Waals surface area contributed by atoms with Crippen LogP contribution >= 0.6 is 23.1 Å². The smallest absolute Gasteiger partial charge is 0.265 e. The summed E-state index contributed by atoms with van der Waals surface area (Å²) >= 11 is 6.41. The van der Waals surface area contributed by atoms with Crippen molar-refractivity contribution in [2.45, 2.75) is 32.9 Å². The Hall–Kier alpha value is -2.06. The number of amides is 2. The van der Waals surface area contributed by atoms with Crippen LogP contribution in [-0.4, -0.2) is 27.3 Å². The quantitative estimate of drug-likeness (QED) is 0.718. The van der Waals surface area contributed by atoms with Crippen LogP contribution in [0.4, 0.5) is 4.39 Å². The highest BCUT2D eigenvalue weighted by atomic mass is 35.5. The Kier molecular flexibility index (Phi) is 6.83. The molecule has 0 aliphatic rings.